The van der Waals surface area contributed by atoms with Gasteiger partial charge in [-0.2, -0.15) is 0 Å². The molecule has 5 heteroatoms. The van der Waals surface area contributed by atoms with Crippen molar-refractivity contribution in [3.8, 4) is 5.75 Å². The van der Waals surface area contributed by atoms with E-state index in [0.29, 0.717) is 5.41 Å². The molecule has 0 aromatic heterocycles. The van der Waals surface area contributed by atoms with Crippen LogP contribution in [0.4, 0.5) is 0 Å². The number of hydrogen-bond donors (Lipinski definition) is 2. The number of hydrogen-bond acceptors (Lipinski definition) is 3. The van der Waals surface area contributed by atoms with Crippen molar-refractivity contribution in [2.75, 3.05) is 20.2 Å². The van der Waals surface area contributed by atoms with Crippen molar-refractivity contribution < 1.29 is 9.53 Å². The number of ether oxygens (including phenoxy) is 1. The zero-order chi connectivity index (χ0) is 14.9. The molecule has 0 bridgehead atoms. The summed E-state index contributed by atoms with van der Waals surface area (Å²) in [7, 11) is 1.66. The molecule has 1 heterocycles. The lowest BCUT2D eigenvalue weighted by atomic mass is 9.91. The largest absolute Gasteiger partial charge is 0.497 e. The smallest absolute Gasteiger partial charge is 0.224 e. The lowest BCUT2D eigenvalue weighted by Crippen LogP contribution is -2.34. The number of methoxy groups -OCH3 is 1. The molecule has 1 saturated heterocycles. The minimum absolute atomic E-state index is 0. The molecule has 1 aliphatic carbocycles. The highest BCUT2D eigenvalue weighted by molar-refractivity contribution is 5.85. The number of halogens is 1. The van der Waals surface area contributed by atoms with Gasteiger partial charge in [0.15, 0.2) is 0 Å². The van der Waals surface area contributed by atoms with Gasteiger partial charge < -0.3 is 15.4 Å². The van der Waals surface area contributed by atoms with Crippen molar-refractivity contribution >= 4 is 18.3 Å². The number of rotatable bonds is 4. The maximum atomic E-state index is 12.4. The summed E-state index contributed by atoms with van der Waals surface area (Å²) in [6.45, 7) is 4.15. The summed E-state index contributed by atoms with van der Waals surface area (Å²) in [6, 6.07) is 7.93. The van der Waals surface area contributed by atoms with Crippen LogP contribution in [0.25, 0.3) is 0 Å². The van der Waals surface area contributed by atoms with Crippen LogP contribution < -0.4 is 15.4 Å². The summed E-state index contributed by atoms with van der Waals surface area (Å²) in [6.07, 6.45) is 3.35. The fraction of sp³-hybridized carbons (Fsp3) is 0.588. The number of piperidine rings is 1. The van der Waals surface area contributed by atoms with Gasteiger partial charge in [-0.25, -0.2) is 0 Å². The summed E-state index contributed by atoms with van der Waals surface area (Å²) in [4.78, 5) is 12.4. The normalized spacial score (nSPS) is 23.3. The second-order valence-electron chi connectivity index (χ2n) is 6.37. The van der Waals surface area contributed by atoms with Crippen LogP contribution in [0.2, 0.25) is 0 Å². The minimum Gasteiger partial charge on any atom is -0.497 e. The Bertz CT molecular complexity index is 512. The van der Waals surface area contributed by atoms with E-state index in [1.807, 2.05) is 31.2 Å². The van der Waals surface area contributed by atoms with E-state index in [1.54, 1.807) is 7.11 Å². The van der Waals surface area contributed by atoms with Crippen molar-refractivity contribution in [2.24, 2.45) is 11.3 Å². The lowest BCUT2D eigenvalue weighted by Gasteiger charge is -2.23. The number of carbonyl (C=O) groups excluding carboxylic acids is 1. The van der Waals surface area contributed by atoms with Crippen LogP contribution in [-0.2, 0) is 4.79 Å². The van der Waals surface area contributed by atoms with Crippen LogP contribution >= 0.6 is 12.4 Å². The third-order valence-corrected chi connectivity index (χ3v) is 5.08. The second-order valence-corrected chi connectivity index (χ2v) is 6.37. The highest BCUT2D eigenvalue weighted by Gasteiger charge is 2.57. The summed E-state index contributed by atoms with van der Waals surface area (Å²) in [5.74, 6) is 1.29. The third-order valence-electron chi connectivity index (χ3n) is 5.08. The Hall–Kier alpha value is -1.26. The van der Waals surface area contributed by atoms with E-state index in [1.165, 1.54) is 0 Å². The summed E-state index contributed by atoms with van der Waals surface area (Å²) in [5.41, 5.74) is 1.42. The first-order valence-electron chi connectivity index (χ1n) is 7.80. The summed E-state index contributed by atoms with van der Waals surface area (Å²) in [5, 5.41) is 6.54. The van der Waals surface area contributed by atoms with Gasteiger partial charge in [0.1, 0.15) is 5.75 Å². The molecule has 1 aromatic rings. The zero-order valence-electron chi connectivity index (χ0n) is 13.2. The highest BCUT2D eigenvalue weighted by atomic mass is 35.5. The first-order valence-corrected chi connectivity index (χ1v) is 7.80. The van der Waals surface area contributed by atoms with Crippen molar-refractivity contribution in [3.63, 3.8) is 0 Å². The van der Waals surface area contributed by atoms with Crippen LogP contribution in [0.15, 0.2) is 24.3 Å². The number of nitrogens with one attached hydrogen (secondary N) is 2. The van der Waals surface area contributed by atoms with E-state index >= 15 is 0 Å². The fourth-order valence-electron chi connectivity index (χ4n) is 3.49. The molecule has 2 aliphatic rings. The second kappa shape index (κ2) is 6.88. The van der Waals surface area contributed by atoms with E-state index in [2.05, 4.69) is 10.6 Å². The predicted octanol–water partition coefficient (Wildman–Crippen LogP) is 2.68. The van der Waals surface area contributed by atoms with Crippen LogP contribution in [0.5, 0.6) is 5.75 Å². The fourth-order valence-corrected chi connectivity index (χ4v) is 3.49. The Morgan fingerprint density at radius 2 is 1.95 bits per heavy atom. The van der Waals surface area contributed by atoms with Crippen molar-refractivity contribution in [2.45, 2.75) is 32.2 Å². The first kappa shape index (κ1) is 17.1. The average Bonchev–Trinajstić information content (AvgIpc) is 3.21. The van der Waals surface area contributed by atoms with Gasteiger partial charge in [-0.15, -0.1) is 12.4 Å². The topological polar surface area (TPSA) is 50.4 Å². The van der Waals surface area contributed by atoms with Gasteiger partial charge in [0.05, 0.1) is 13.2 Å². The zero-order valence-corrected chi connectivity index (χ0v) is 14.0. The van der Waals surface area contributed by atoms with E-state index in [-0.39, 0.29) is 30.3 Å². The molecule has 1 aliphatic heterocycles. The molecule has 2 unspecified atom stereocenters. The van der Waals surface area contributed by atoms with E-state index in [4.69, 9.17) is 4.74 Å². The predicted molar refractivity (Wildman–Crippen MR) is 89.4 cm³/mol. The van der Waals surface area contributed by atoms with E-state index < -0.39 is 0 Å². The Morgan fingerprint density at radius 3 is 2.55 bits per heavy atom. The van der Waals surface area contributed by atoms with Crippen molar-refractivity contribution in [1.29, 1.82) is 0 Å². The molecule has 2 N–H and O–H groups in total. The Morgan fingerprint density at radius 1 is 1.32 bits per heavy atom. The molecule has 122 valence electrons. The minimum atomic E-state index is 0. The molecule has 1 aromatic carbocycles. The Balaban J connectivity index is 0.00000176. The molecule has 2 fully saturated rings. The Labute approximate surface area is 138 Å². The molecule has 4 nitrogen and oxygen atoms in total. The molecule has 2 atom stereocenters. The highest BCUT2D eigenvalue weighted by Crippen LogP contribution is 2.58. The standard InChI is InChI=1S/C17H24N2O2.ClH/c1-12(13-3-5-14(21-2)6-4-13)19-16(20)15-11-17(15)7-9-18-10-8-17;/h3-6,12,15,18H,7-11H2,1-2H3,(H,19,20);1H. The monoisotopic (exact) mass is 324 g/mol. The maximum Gasteiger partial charge on any atom is 0.224 e. The molecular weight excluding hydrogens is 300 g/mol. The molecule has 3 rings (SSSR count). The third kappa shape index (κ3) is 3.39. The van der Waals surface area contributed by atoms with Gasteiger partial charge in [0.2, 0.25) is 5.91 Å². The maximum absolute atomic E-state index is 12.4. The van der Waals surface area contributed by atoms with E-state index in [0.717, 1.165) is 43.7 Å². The molecule has 0 radical (unpaired) electrons. The van der Waals surface area contributed by atoms with Crippen LogP contribution in [0, 0.1) is 11.3 Å². The number of carbonyl (C=O) groups is 1. The van der Waals surface area contributed by atoms with Gasteiger partial charge in [-0.1, -0.05) is 12.1 Å². The lowest BCUT2D eigenvalue weighted by molar-refractivity contribution is -0.123. The summed E-state index contributed by atoms with van der Waals surface area (Å²) >= 11 is 0. The van der Waals surface area contributed by atoms with Gasteiger partial charge in [-0.05, 0) is 62.4 Å². The van der Waals surface area contributed by atoms with Crippen LogP contribution in [0.3, 0.4) is 0 Å². The van der Waals surface area contributed by atoms with Crippen LogP contribution in [0.1, 0.15) is 37.8 Å². The van der Waals surface area contributed by atoms with Crippen molar-refractivity contribution in [1.82, 2.24) is 10.6 Å². The average molecular weight is 325 g/mol. The van der Waals surface area contributed by atoms with Crippen LogP contribution in [-0.4, -0.2) is 26.1 Å². The molecule has 1 saturated carbocycles. The SMILES string of the molecule is COc1ccc(C(C)NC(=O)C2CC23CCNCC3)cc1.Cl. The number of amides is 1. The summed E-state index contributed by atoms with van der Waals surface area (Å²) < 4.78 is 5.16. The van der Waals surface area contributed by atoms with Gasteiger partial charge in [0, 0.05) is 5.92 Å². The quantitative estimate of drug-likeness (QED) is 0.895. The van der Waals surface area contributed by atoms with Gasteiger partial charge >= 0.3 is 0 Å². The molecule has 1 amide bonds. The molecule has 1 spiro atoms. The first-order chi connectivity index (χ1) is 10.1. The van der Waals surface area contributed by atoms with Gasteiger partial charge in [-0.3, -0.25) is 4.79 Å². The van der Waals surface area contributed by atoms with Gasteiger partial charge in [0.25, 0.3) is 0 Å². The van der Waals surface area contributed by atoms with E-state index in [9.17, 15) is 4.79 Å². The van der Waals surface area contributed by atoms with Crippen molar-refractivity contribution in [3.05, 3.63) is 29.8 Å². The number of benzene rings is 1. The molecule has 22 heavy (non-hydrogen) atoms. The Kier molecular flexibility index (Phi) is 5.35. The molecular formula is C17H25ClN2O2.